The van der Waals surface area contributed by atoms with Crippen molar-refractivity contribution in [2.75, 3.05) is 0 Å². The first kappa shape index (κ1) is 13.4. The van der Waals surface area contributed by atoms with Gasteiger partial charge in [0.05, 0.1) is 16.6 Å². The fraction of sp³-hybridized carbons (Fsp3) is 0.231. The van der Waals surface area contributed by atoms with Gasteiger partial charge in [-0.2, -0.15) is 5.10 Å². The first-order valence-electron chi connectivity index (χ1n) is 6.14. The van der Waals surface area contributed by atoms with Crippen LogP contribution in [0.5, 0.6) is 0 Å². The fourth-order valence-electron chi connectivity index (χ4n) is 2.00. The summed E-state index contributed by atoms with van der Waals surface area (Å²) in [5.74, 6) is 1.62. The third-order valence-corrected chi connectivity index (χ3v) is 4.26. The quantitative estimate of drug-likeness (QED) is 0.756. The minimum absolute atomic E-state index is 0.00785. The van der Waals surface area contributed by atoms with Gasteiger partial charge in [-0.25, -0.2) is 4.98 Å². The summed E-state index contributed by atoms with van der Waals surface area (Å²) in [6.45, 7) is 2.02. The monoisotopic (exact) mass is 308 g/mol. The molecule has 2 atom stereocenters. The number of hydrogen-bond donors (Lipinski definition) is 2. The van der Waals surface area contributed by atoms with E-state index in [2.05, 4.69) is 20.5 Å². The summed E-state index contributed by atoms with van der Waals surface area (Å²) in [6, 6.07) is 7.64. The molecule has 0 amide bonds. The van der Waals surface area contributed by atoms with Gasteiger partial charge in [0.1, 0.15) is 24.0 Å². The number of rotatable bonds is 5. The largest absolute Gasteiger partial charge is 0.467 e. The van der Waals surface area contributed by atoms with Crippen LogP contribution >= 0.6 is 22.9 Å². The lowest BCUT2D eigenvalue weighted by Crippen LogP contribution is -2.25. The summed E-state index contributed by atoms with van der Waals surface area (Å²) in [4.78, 5) is 5.26. The van der Waals surface area contributed by atoms with Crippen LogP contribution in [0.1, 0.15) is 35.5 Å². The Morgan fingerprint density at radius 1 is 1.40 bits per heavy atom. The lowest BCUT2D eigenvalue weighted by atomic mass is 10.1. The van der Waals surface area contributed by atoms with E-state index in [4.69, 9.17) is 16.0 Å². The molecule has 0 aliphatic rings. The van der Waals surface area contributed by atoms with Crippen LogP contribution in [-0.4, -0.2) is 15.2 Å². The summed E-state index contributed by atoms with van der Waals surface area (Å²) in [7, 11) is 0. The average molecular weight is 309 g/mol. The molecule has 20 heavy (non-hydrogen) atoms. The summed E-state index contributed by atoms with van der Waals surface area (Å²) < 4.78 is 6.29. The smallest absolute Gasteiger partial charge is 0.141 e. The molecule has 3 heterocycles. The zero-order chi connectivity index (χ0) is 13.9. The SMILES string of the molecule is CC(NC(c1ccco1)c1ccc(Cl)s1)c1ncn[nH]1. The van der Waals surface area contributed by atoms with Gasteiger partial charge in [0.2, 0.25) is 0 Å². The Bertz CT molecular complexity index is 650. The van der Waals surface area contributed by atoms with Gasteiger partial charge in [0.25, 0.3) is 0 Å². The number of aromatic nitrogens is 3. The maximum Gasteiger partial charge on any atom is 0.141 e. The van der Waals surface area contributed by atoms with Crippen molar-refractivity contribution in [2.24, 2.45) is 0 Å². The van der Waals surface area contributed by atoms with E-state index < -0.39 is 0 Å². The number of aromatic amines is 1. The summed E-state index contributed by atoms with van der Waals surface area (Å²) in [5, 5.41) is 10.2. The van der Waals surface area contributed by atoms with Crippen molar-refractivity contribution in [3.8, 4) is 0 Å². The average Bonchev–Trinajstić information content (AvgIpc) is 3.17. The van der Waals surface area contributed by atoms with Crippen LogP contribution in [-0.2, 0) is 0 Å². The lowest BCUT2D eigenvalue weighted by Gasteiger charge is -2.19. The van der Waals surface area contributed by atoms with Gasteiger partial charge in [0.15, 0.2) is 0 Å². The molecule has 3 rings (SSSR count). The molecular formula is C13H13ClN4OS. The van der Waals surface area contributed by atoms with E-state index >= 15 is 0 Å². The minimum Gasteiger partial charge on any atom is -0.467 e. The molecule has 3 aromatic rings. The summed E-state index contributed by atoms with van der Waals surface area (Å²) >= 11 is 7.56. The maximum absolute atomic E-state index is 6.03. The standard InChI is InChI=1S/C13H13ClN4OS/c1-8(13-15-7-16-18-13)17-12(9-3-2-6-19-9)10-4-5-11(14)20-10/h2-8,12,17H,1H3,(H,15,16,18). The Kier molecular flexibility index (Phi) is 3.86. The van der Waals surface area contributed by atoms with E-state index in [1.165, 1.54) is 17.7 Å². The van der Waals surface area contributed by atoms with Crippen molar-refractivity contribution < 1.29 is 4.42 Å². The van der Waals surface area contributed by atoms with Gasteiger partial charge in [-0.15, -0.1) is 11.3 Å². The van der Waals surface area contributed by atoms with Crippen molar-refractivity contribution in [2.45, 2.75) is 19.0 Å². The Balaban J connectivity index is 1.87. The number of halogens is 1. The normalized spacial score (nSPS) is 14.3. The van der Waals surface area contributed by atoms with Crippen LogP contribution in [0.15, 0.2) is 41.3 Å². The van der Waals surface area contributed by atoms with Crippen LogP contribution in [0, 0.1) is 0 Å². The molecule has 0 aliphatic carbocycles. The molecule has 104 valence electrons. The molecule has 2 unspecified atom stereocenters. The highest BCUT2D eigenvalue weighted by molar-refractivity contribution is 7.16. The van der Waals surface area contributed by atoms with Crippen molar-refractivity contribution in [1.82, 2.24) is 20.5 Å². The van der Waals surface area contributed by atoms with Crippen molar-refractivity contribution in [1.29, 1.82) is 0 Å². The highest BCUT2D eigenvalue weighted by atomic mass is 35.5. The first-order chi connectivity index (χ1) is 9.74. The molecule has 0 saturated carbocycles. The number of H-pyrrole nitrogens is 1. The number of hydrogen-bond acceptors (Lipinski definition) is 5. The molecule has 0 bridgehead atoms. The molecule has 0 saturated heterocycles. The topological polar surface area (TPSA) is 66.7 Å². The zero-order valence-electron chi connectivity index (χ0n) is 10.7. The van der Waals surface area contributed by atoms with Gasteiger partial charge in [0, 0.05) is 4.88 Å². The number of nitrogens with one attached hydrogen (secondary N) is 2. The van der Waals surface area contributed by atoms with Crippen molar-refractivity contribution in [3.63, 3.8) is 0 Å². The molecule has 3 aromatic heterocycles. The van der Waals surface area contributed by atoms with Crippen LogP contribution in [0.4, 0.5) is 0 Å². The van der Waals surface area contributed by atoms with Gasteiger partial charge < -0.3 is 4.42 Å². The maximum atomic E-state index is 6.03. The highest BCUT2D eigenvalue weighted by Crippen LogP contribution is 2.32. The molecule has 0 fully saturated rings. The Labute approximate surface area is 125 Å². The molecule has 0 aromatic carbocycles. The van der Waals surface area contributed by atoms with Crippen LogP contribution in [0.25, 0.3) is 0 Å². The van der Waals surface area contributed by atoms with E-state index in [0.29, 0.717) is 0 Å². The summed E-state index contributed by atoms with van der Waals surface area (Å²) in [5.41, 5.74) is 0. The van der Waals surface area contributed by atoms with Gasteiger partial charge in [-0.3, -0.25) is 10.4 Å². The minimum atomic E-state index is -0.0670. The Morgan fingerprint density at radius 2 is 2.30 bits per heavy atom. The van der Waals surface area contributed by atoms with Crippen molar-refractivity contribution in [3.05, 3.63) is 57.7 Å². The molecule has 5 nitrogen and oxygen atoms in total. The van der Waals surface area contributed by atoms with Crippen LogP contribution in [0.2, 0.25) is 4.34 Å². The third kappa shape index (κ3) is 2.77. The molecule has 0 spiro atoms. The van der Waals surface area contributed by atoms with Crippen LogP contribution < -0.4 is 5.32 Å². The van der Waals surface area contributed by atoms with Gasteiger partial charge in [-0.1, -0.05) is 11.6 Å². The second-order valence-electron chi connectivity index (χ2n) is 4.35. The zero-order valence-corrected chi connectivity index (χ0v) is 12.3. The number of nitrogens with zero attached hydrogens (tertiary/aromatic N) is 2. The van der Waals surface area contributed by atoms with Crippen LogP contribution in [0.3, 0.4) is 0 Å². The lowest BCUT2D eigenvalue weighted by molar-refractivity contribution is 0.416. The molecule has 0 radical (unpaired) electrons. The van der Waals surface area contributed by atoms with E-state index in [-0.39, 0.29) is 12.1 Å². The fourth-order valence-corrected chi connectivity index (χ4v) is 3.13. The number of furan rings is 1. The molecule has 0 aliphatic heterocycles. The van der Waals surface area contributed by atoms with E-state index in [0.717, 1.165) is 20.8 Å². The highest BCUT2D eigenvalue weighted by Gasteiger charge is 2.22. The van der Waals surface area contributed by atoms with Gasteiger partial charge >= 0.3 is 0 Å². The molecule has 2 N–H and O–H groups in total. The Morgan fingerprint density at radius 3 is 2.90 bits per heavy atom. The number of thiophene rings is 1. The second kappa shape index (κ2) is 5.78. The Hall–Kier alpha value is -1.63. The van der Waals surface area contributed by atoms with E-state index in [1.807, 2.05) is 31.2 Å². The molecular weight excluding hydrogens is 296 g/mol. The predicted molar refractivity (Wildman–Crippen MR) is 77.8 cm³/mol. The first-order valence-corrected chi connectivity index (χ1v) is 7.33. The van der Waals surface area contributed by atoms with Crippen molar-refractivity contribution >= 4 is 22.9 Å². The third-order valence-electron chi connectivity index (χ3n) is 2.97. The molecule has 7 heteroatoms. The second-order valence-corrected chi connectivity index (χ2v) is 6.10. The van der Waals surface area contributed by atoms with Gasteiger partial charge in [-0.05, 0) is 31.2 Å². The predicted octanol–water partition coefficient (Wildman–Crippen LogP) is 3.55. The van der Waals surface area contributed by atoms with E-state index in [1.54, 1.807) is 6.26 Å². The van der Waals surface area contributed by atoms with E-state index in [9.17, 15) is 0 Å². The summed E-state index contributed by atoms with van der Waals surface area (Å²) in [6.07, 6.45) is 3.16.